The molecule has 0 amide bonds. The van der Waals surface area contributed by atoms with Crippen LogP contribution in [0.2, 0.25) is 0 Å². The molecule has 0 spiro atoms. The van der Waals surface area contributed by atoms with Gasteiger partial charge < -0.3 is 13.6 Å². The summed E-state index contributed by atoms with van der Waals surface area (Å²) in [6.45, 7) is 0. The van der Waals surface area contributed by atoms with Gasteiger partial charge in [0.2, 0.25) is 0 Å². The molecule has 266 valence electrons. The van der Waals surface area contributed by atoms with Crippen LogP contribution in [-0.2, 0) is 0 Å². The van der Waals surface area contributed by atoms with Gasteiger partial charge in [-0.3, -0.25) is 0 Å². The zero-order valence-electron chi connectivity index (χ0n) is 30.5. The first-order valence-electron chi connectivity index (χ1n) is 19.1. The molecule has 0 bridgehead atoms. The molecule has 0 saturated carbocycles. The summed E-state index contributed by atoms with van der Waals surface area (Å²) in [6, 6.07) is 65.3. The molecule has 0 N–H and O–H groups in total. The molecule has 0 radical (unpaired) electrons. The number of benzene rings is 8. The van der Waals surface area contributed by atoms with E-state index < -0.39 is 0 Å². The standard InChI is InChI=1S/C51H31N5O/c1-3-17-32(18-4-1)49-52-50(33-19-5-2-6-20-33)54-51(53-49)39-31-44(55-40-26-12-7-21-34(40)35-22-8-13-27-41(35)55)48-46(38-25-11-16-30-45(38)57-48)47(39)56-42-28-14-9-23-36(42)37-24-10-15-29-43(37)56/h1-31H. The maximum Gasteiger partial charge on any atom is 0.166 e. The first-order valence-corrected chi connectivity index (χ1v) is 19.1. The number of furan rings is 1. The third-order valence-corrected chi connectivity index (χ3v) is 11.2. The van der Waals surface area contributed by atoms with Crippen LogP contribution in [0.1, 0.15) is 0 Å². The second kappa shape index (κ2) is 12.3. The normalized spacial score (nSPS) is 11.9. The van der Waals surface area contributed by atoms with Crippen molar-refractivity contribution in [1.82, 2.24) is 24.1 Å². The summed E-state index contributed by atoms with van der Waals surface area (Å²) in [5.41, 5.74) is 10.4. The Morgan fingerprint density at radius 2 is 0.772 bits per heavy atom. The van der Waals surface area contributed by atoms with Crippen molar-refractivity contribution in [3.05, 3.63) is 188 Å². The Balaban J connectivity index is 1.32. The smallest absolute Gasteiger partial charge is 0.166 e. The first kappa shape index (κ1) is 31.5. The highest BCUT2D eigenvalue weighted by Crippen LogP contribution is 2.47. The molecule has 0 saturated heterocycles. The molecule has 6 nitrogen and oxygen atoms in total. The van der Waals surface area contributed by atoms with Gasteiger partial charge in [-0.25, -0.2) is 15.0 Å². The van der Waals surface area contributed by atoms with Gasteiger partial charge in [-0.2, -0.15) is 0 Å². The summed E-state index contributed by atoms with van der Waals surface area (Å²) in [7, 11) is 0. The van der Waals surface area contributed by atoms with Crippen LogP contribution in [0.4, 0.5) is 0 Å². The van der Waals surface area contributed by atoms with Gasteiger partial charge in [0, 0.05) is 43.6 Å². The van der Waals surface area contributed by atoms with Gasteiger partial charge >= 0.3 is 0 Å². The Morgan fingerprint density at radius 3 is 1.28 bits per heavy atom. The van der Waals surface area contributed by atoms with Crippen LogP contribution in [0.15, 0.2) is 192 Å². The molecule has 0 atom stereocenters. The number of hydrogen-bond donors (Lipinski definition) is 0. The van der Waals surface area contributed by atoms with Crippen LogP contribution in [0.25, 0.3) is 111 Å². The predicted octanol–water partition coefficient (Wildman–Crippen LogP) is 13.0. The van der Waals surface area contributed by atoms with E-state index in [1.165, 1.54) is 10.8 Å². The van der Waals surface area contributed by atoms with Gasteiger partial charge in [-0.1, -0.05) is 152 Å². The maximum absolute atomic E-state index is 7.06. The van der Waals surface area contributed by atoms with E-state index in [1.54, 1.807) is 0 Å². The van der Waals surface area contributed by atoms with Crippen molar-refractivity contribution >= 4 is 65.6 Å². The minimum absolute atomic E-state index is 0.564. The highest BCUT2D eigenvalue weighted by Gasteiger charge is 2.28. The van der Waals surface area contributed by atoms with Crippen LogP contribution in [-0.4, -0.2) is 24.1 Å². The largest absolute Gasteiger partial charge is 0.454 e. The number of nitrogens with zero attached hydrogens (tertiary/aromatic N) is 5. The number of hydrogen-bond acceptors (Lipinski definition) is 4. The summed E-state index contributed by atoms with van der Waals surface area (Å²) in [6.07, 6.45) is 0. The van der Waals surface area contributed by atoms with Gasteiger partial charge in [0.25, 0.3) is 0 Å². The lowest BCUT2D eigenvalue weighted by Crippen LogP contribution is -2.06. The minimum atomic E-state index is 0.564. The molecule has 0 unspecified atom stereocenters. The minimum Gasteiger partial charge on any atom is -0.454 e. The van der Waals surface area contributed by atoms with Crippen molar-refractivity contribution in [3.8, 4) is 45.5 Å². The Morgan fingerprint density at radius 1 is 0.368 bits per heavy atom. The van der Waals surface area contributed by atoms with Gasteiger partial charge in [-0.15, -0.1) is 0 Å². The monoisotopic (exact) mass is 729 g/mol. The quantitative estimate of drug-likeness (QED) is 0.177. The fraction of sp³-hybridized carbons (Fsp3) is 0. The van der Waals surface area contributed by atoms with Crippen molar-refractivity contribution in [2.75, 3.05) is 0 Å². The van der Waals surface area contributed by atoms with Crippen molar-refractivity contribution < 1.29 is 4.42 Å². The van der Waals surface area contributed by atoms with E-state index >= 15 is 0 Å². The highest BCUT2D eigenvalue weighted by molar-refractivity contribution is 6.19. The van der Waals surface area contributed by atoms with E-state index in [1.807, 2.05) is 42.5 Å². The Bertz CT molecular complexity index is 3360. The number of para-hydroxylation sites is 5. The molecular weight excluding hydrogens is 699 g/mol. The zero-order chi connectivity index (χ0) is 37.5. The average Bonchev–Trinajstić information content (AvgIpc) is 3.95. The topological polar surface area (TPSA) is 61.7 Å². The molecule has 4 aromatic heterocycles. The van der Waals surface area contributed by atoms with E-state index in [4.69, 9.17) is 19.4 Å². The van der Waals surface area contributed by atoms with Crippen LogP contribution in [0.5, 0.6) is 0 Å². The van der Waals surface area contributed by atoms with E-state index in [9.17, 15) is 0 Å². The summed E-state index contributed by atoms with van der Waals surface area (Å²) < 4.78 is 11.8. The molecule has 12 rings (SSSR count). The zero-order valence-corrected chi connectivity index (χ0v) is 30.5. The molecule has 0 aliphatic heterocycles. The van der Waals surface area contributed by atoms with Gasteiger partial charge in [0.1, 0.15) is 5.58 Å². The Labute approximate surface area is 326 Å². The van der Waals surface area contributed by atoms with Crippen molar-refractivity contribution in [2.24, 2.45) is 0 Å². The molecule has 0 aliphatic carbocycles. The Kier molecular flexibility index (Phi) is 6.83. The van der Waals surface area contributed by atoms with E-state index in [2.05, 4.69) is 155 Å². The molecule has 6 heteroatoms. The van der Waals surface area contributed by atoms with Crippen molar-refractivity contribution in [1.29, 1.82) is 0 Å². The number of aromatic nitrogens is 5. The first-order chi connectivity index (χ1) is 28.3. The van der Waals surface area contributed by atoms with Gasteiger partial charge in [-0.05, 0) is 36.4 Å². The van der Waals surface area contributed by atoms with Crippen molar-refractivity contribution in [2.45, 2.75) is 0 Å². The molecule has 0 fully saturated rings. The molecule has 0 aliphatic rings. The average molecular weight is 730 g/mol. The Hall–Kier alpha value is -7.83. The van der Waals surface area contributed by atoms with Gasteiger partial charge in [0.05, 0.1) is 38.8 Å². The SMILES string of the molecule is c1ccc(-c2nc(-c3ccccc3)nc(-c3cc(-n4c5ccccc5c5ccccc54)c4oc5ccccc5c4c3-n3c4ccccc4c4ccccc43)n2)cc1. The molecule has 4 heterocycles. The molecule has 12 aromatic rings. The van der Waals surface area contributed by atoms with Crippen LogP contribution < -0.4 is 0 Å². The second-order valence-electron chi connectivity index (χ2n) is 14.4. The third kappa shape index (κ3) is 4.74. The fourth-order valence-electron chi connectivity index (χ4n) is 8.71. The lowest BCUT2D eigenvalue weighted by Gasteiger charge is -2.19. The number of rotatable bonds is 5. The predicted molar refractivity (Wildman–Crippen MR) is 232 cm³/mol. The lowest BCUT2D eigenvalue weighted by molar-refractivity contribution is 0.666. The molecular formula is C51H31N5O. The fourth-order valence-corrected chi connectivity index (χ4v) is 8.71. The summed E-state index contributed by atoms with van der Waals surface area (Å²) in [5, 5.41) is 6.66. The van der Waals surface area contributed by atoms with Crippen LogP contribution in [0.3, 0.4) is 0 Å². The maximum atomic E-state index is 7.06. The van der Waals surface area contributed by atoms with E-state index in [-0.39, 0.29) is 0 Å². The summed E-state index contributed by atoms with van der Waals surface area (Å²) in [4.78, 5) is 15.8. The van der Waals surface area contributed by atoms with Crippen LogP contribution in [0, 0.1) is 0 Å². The molecule has 57 heavy (non-hydrogen) atoms. The van der Waals surface area contributed by atoms with E-state index in [0.717, 1.165) is 82.8 Å². The van der Waals surface area contributed by atoms with E-state index in [0.29, 0.717) is 17.5 Å². The number of fused-ring (bicyclic) bond motifs is 9. The highest BCUT2D eigenvalue weighted by atomic mass is 16.3. The van der Waals surface area contributed by atoms with Gasteiger partial charge in [0.15, 0.2) is 23.1 Å². The summed E-state index contributed by atoms with van der Waals surface area (Å²) in [5.74, 6) is 1.76. The van der Waals surface area contributed by atoms with Crippen LogP contribution >= 0.6 is 0 Å². The lowest BCUT2D eigenvalue weighted by atomic mass is 10.0. The molecule has 8 aromatic carbocycles. The van der Waals surface area contributed by atoms with Crippen molar-refractivity contribution in [3.63, 3.8) is 0 Å². The second-order valence-corrected chi connectivity index (χ2v) is 14.4. The third-order valence-electron chi connectivity index (χ3n) is 11.2. The summed E-state index contributed by atoms with van der Waals surface area (Å²) >= 11 is 0.